The minimum atomic E-state index is -0.805. The molecule has 126 valence electrons. The van der Waals surface area contributed by atoms with Crippen molar-refractivity contribution in [3.05, 3.63) is 41.0 Å². The molecule has 1 fully saturated rings. The van der Waals surface area contributed by atoms with Crippen molar-refractivity contribution in [2.45, 2.75) is 13.3 Å². The van der Waals surface area contributed by atoms with Crippen LogP contribution in [0.4, 0.5) is 0 Å². The van der Waals surface area contributed by atoms with E-state index in [0.29, 0.717) is 30.3 Å². The first-order valence-electron chi connectivity index (χ1n) is 7.70. The van der Waals surface area contributed by atoms with Gasteiger partial charge in [-0.2, -0.15) is 0 Å². The molecule has 1 aliphatic heterocycles. The van der Waals surface area contributed by atoms with Gasteiger partial charge in [-0.05, 0) is 36.6 Å². The van der Waals surface area contributed by atoms with Gasteiger partial charge in [0.05, 0.1) is 5.92 Å². The molecule has 24 heavy (non-hydrogen) atoms. The van der Waals surface area contributed by atoms with Crippen molar-refractivity contribution in [2.24, 2.45) is 11.8 Å². The van der Waals surface area contributed by atoms with Crippen LogP contribution in [0, 0.1) is 11.8 Å². The number of nitrogens with zero attached hydrogens (tertiary/aromatic N) is 2. The van der Waals surface area contributed by atoms with Gasteiger partial charge in [-0.25, -0.2) is 0 Å². The third-order valence-corrected chi connectivity index (χ3v) is 4.62. The van der Waals surface area contributed by atoms with Crippen LogP contribution in [0.5, 0.6) is 0 Å². The Morgan fingerprint density at radius 1 is 1.33 bits per heavy atom. The summed E-state index contributed by atoms with van der Waals surface area (Å²) in [5.74, 6) is -1.06. The summed E-state index contributed by atoms with van der Waals surface area (Å²) >= 11 is 5.86. The number of carboxylic acids is 1. The Hall–Kier alpha value is -2.34. The molecular weight excluding hydrogens is 332 g/mol. The van der Waals surface area contributed by atoms with E-state index >= 15 is 0 Å². The van der Waals surface area contributed by atoms with Crippen molar-refractivity contribution in [1.82, 2.24) is 10.1 Å². The third-order valence-electron chi connectivity index (χ3n) is 4.37. The Balaban J connectivity index is 1.72. The summed E-state index contributed by atoms with van der Waals surface area (Å²) < 4.78 is 5.25. The summed E-state index contributed by atoms with van der Waals surface area (Å²) in [5.41, 5.74) is 1.00. The monoisotopic (exact) mass is 348 g/mol. The lowest BCUT2D eigenvalue weighted by Gasteiger charge is -2.34. The van der Waals surface area contributed by atoms with E-state index < -0.39 is 11.9 Å². The van der Waals surface area contributed by atoms with Crippen molar-refractivity contribution in [3.8, 4) is 11.3 Å². The molecule has 2 heterocycles. The van der Waals surface area contributed by atoms with Crippen LogP contribution in [0.1, 0.15) is 23.8 Å². The van der Waals surface area contributed by atoms with Gasteiger partial charge in [0.1, 0.15) is 0 Å². The molecule has 2 aromatic rings. The minimum absolute atomic E-state index is 0.0946. The van der Waals surface area contributed by atoms with E-state index in [9.17, 15) is 9.59 Å². The van der Waals surface area contributed by atoms with Crippen molar-refractivity contribution < 1.29 is 19.2 Å². The summed E-state index contributed by atoms with van der Waals surface area (Å²) in [5, 5.41) is 13.6. The quantitative estimate of drug-likeness (QED) is 0.921. The van der Waals surface area contributed by atoms with Gasteiger partial charge in [0.2, 0.25) is 0 Å². The van der Waals surface area contributed by atoms with Crippen LogP contribution in [-0.2, 0) is 4.79 Å². The minimum Gasteiger partial charge on any atom is -0.481 e. The summed E-state index contributed by atoms with van der Waals surface area (Å²) in [4.78, 5) is 25.3. The Morgan fingerprint density at radius 2 is 2.04 bits per heavy atom. The highest BCUT2D eigenvalue weighted by molar-refractivity contribution is 6.30. The summed E-state index contributed by atoms with van der Waals surface area (Å²) in [7, 11) is 0. The zero-order valence-corrected chi connectivity index (χ0v) is 13.9. The molecule has 1 amide bonds. The Morgan fingerprint density at radius 3 is 2.67 bits per heavy atom. The predicted octanol–water partition coefficient (Wildman–Crippen LogP) is 3.18. The molecular formula is C17H17ClN2O4. The molecule has 0 radical (unpaired) electrons. The number of amides is 1. The molecule has 2 unspecified atom stereocenters. The highest BCUT2D eigenvalue weighted by Crippen LogP contribution is 2.26. The fourth-order valence-corrected chi connectivity index (χ4v) is 3.11. The number of piperidine rings is 1. The van der Waals surface area contributed by atoms with E-state index in [1.54, 1.807) is 35.2 Å². The second-order valence-electron chi connectivity index (χ2n) is 6.05. The van der Waals surface area contributed by atoms with Gasteiger partial charge in [0.15, 0.2) is 11.5 Å². The third kappa shape index (κ3) is 3.28. The molecule has 2 atom stereocenters. The van der Waals surface area contributed by atoms with Crippen LogP contribution in [0.25, 0.3) is 11.3 Å². The van der Waals surface area contributed by atoms with E-state index in [0.717, 1.165) is 5.56 Å². The number of carbonyl (C=O) groups is 2. The van der Waals surface area contributed by atoms with Gasteiger partial charge in [-0.1, -0.05) is 23.7 Å². The Bertz CT molecular complexity index is 756. The number of likely N-dealkylation sites (tertiary alicyclic amines) is 1. The zero-order chi connectivity index (χ0) is 17.3. The van der Waals surface area contributed by atoms with E-state index in [4.69, 9.17) is 21.2 Å². The number of rotatable bonds is 3. The number of carbonyl (C=O) groups excluding carboxylic acids is 1. The lowest BCUT2D eigenvalue weighted by Crippen LogP contribution is -2.45. The maximum absolute atomic E-state index is 12.6. The van der Waals surface area contributed by atoms with Gasteiger partial charge in [0.25, 0.3) is 5.91 Å². The number of hydrogen-bond acceptors (Lipinski definition) is 4. The summed E-state index contributed by atoms with van der Waals surface area (Å²) in [6.45, 7) is 2.66. The van der Waals surface area contributed by atoms with Crippen LogP contribution < -0.4 is 0 Å². The molecule has 0 spiro atoms. The maximum Gasteiger partial charge on any atom is 0.306 e. The summed E-state index contributed by atoms with van der Waals surface area (Å²) in [6, 6.07) is 8.65. The standard InChI is InChI=1S/C17H17ClN2O4/c1-10-9-20(7-6-13(10)17(22)23)16(21)14-8-15(24-19-14)11-2-4-12(18)5-3-11/h2-5,8,10,13H,6-7,9H2,1H3,(H,22,23). The van der Waals surface area contributed by atoms with Crippen molar-refractivity contribution >= 4 is 23.5 Å². The van der Waals surface area contributed by atoms with Crippen LogP contribution in [0.2, 0.25) is 5.02 Å². The molecule has 1 saturated heterocycles. The first-order chi connectivity index (χ1) is 11.5. The van der Waals surface area contributed by atoms with Crippen LogP contribution in [0.15, 0.2) is 34.9 Å². The topological polar surface area (TPSA) is 83.6 Å². The molecule has 1 aromatic carbocycles. The predicted molar refractivity (Wildman–Crippen MR) is 87.8 cm³/mol. The number of carboxylic acid groups (broad SMARTS) is 1. The lowest BCUT2D eigenvalue weighted by molar-refractivity contribution is -0.145. The van der Waals surface area contributed by atoms with Gasteiger partial charge < -0.3 is 14.5 Å². The molecule has 7 heteroatoms. The van der Waals surface area contributed by atoms with Gasteiger partial charge in [0, 0.05) is 29.7 Å². The fourth-order valence-electron chi connectivity index (χ4n) is 2.99. The number of halogens is 1. The van der Waals surface area contributed by atoms with Crippen LogP contribution in [-0.4, -0.2) is 40.1 Å². The number of hydrogen-bond donors (Lipinski definition) is 1. The second-order valence-corrected chi connectivity index (χ2v) is 6.48. The molecule has 6 nitrogen and oxygen atoms in total. The molecule has 1 aromatic heterocycles. The maximum atomic E-state index is 12.6. The molecule has 1 aliphatic rings. The largest absolute Gasteiger partial charge is 0.481 e. The average molecular weight is 349 g/mol. The first-order valence-corrected chi connectivity index (χ1v) is 8.08. The second kappa shape index (κ2) is 6.65. The van der Waals surface area contributed by atoms with Crippen LogP contribution >= 0.6 is 11.6 Å². The highest BCUT2D eigenvalue weighted by Gasteiger charge is 2.34. The smallest absolute Gasteiger partial charge is 0.306 e. The van der Waals surface area contributed by atoms with Gasteiger partial charge in [-0.3, -0.25) is 9.59 Å². The SMILES string of the molecule is CC1CN(C(=O)c2cc(-c3ccc(Cl)cc3)on2)CCC1C(=O)O. The molecule has 3 rings (SSSR count). The number of benzene rings is 1. The number of aromatic nitrogens is 1. The summed E-state index contributed by atoms with van der Waals surface area (Å²) in [6.07, 6.45) is 0.449. The molecule has 0 aliphatic carbocycles. The van der Waals surface area contributed by atoms with Crippen molar-refractivity contribution in [1.29, 1.82) is 0 Å². The fraction of sp³-hybridized carbons (Fsp3) is 0.353. The average Bonchev–Trinajstić information content (AvgIpc) is 3.04. The van der Waals surface area contributed by atoms with Crippen LogP contribution in [0.3, 0.4) is 0 Å². The van der Waals surface area contributed by atoms with Gasteiger partial charge >= 0.3 is 5.97 Å². The first kappa shape index (κ1) is 16.5. The molecule has 0 bridgehead atoms. The van der Waals surface area contributed by atoms with E-state index in [2.05, 4.69) is 5.16 Å². The van der Waals surface area contributed by atoms with E-state index in [1.165, 1.54) is 0 Å². The van der Waals surface area contributed by atoms with E-state index in [1.807, 2.05) is 6.92 Å². The molecule has 1 N–H and O–H groups in total. The normalized spacial score (nSPS) is 20.8. The number of aliphatic carboxylic acids is 1. The Labute approximate surface area is 144 Å². The van der Waals surface area contributed by atoms with Crippen molar-refractivity contribution in [3.63, 3.8) is 0 Å². The lowest BCUT2D eigenvalue weighted by atomic mass is 9.87. The highest BCUT2D eigenvalue weighted by atomic mass is 35.5. The van der Waals surface area contributed by atoms with Gasteiger partial charge in [-0.15, -0.1) is 0 Å². The Kier molecular flexibility index (Phi) is 4.57. The zero-order valence-electron chi connectivity index (χ0n) is 13.1. The molecule has 0 saturated carbocycles. The van der Waals surface area contributed by atoms with E-state index in [-0.39, 0.29) is 17.5 Å². The van der Waals surface area contributed by atoms with Crippen molar-refractivity contribution in [2.75, 3.05) is 13.1 Å².